The number of hydrogen-bond acceptors (Lipinski definition) is 3. The van der Waals surface area contributed by atoms with Crippen LogP contribution in [-0.4, -0.2) is 11.8 Å². The lowest BCUT2D eigenvalue weighted by molar-refractivity contribution is -0.129. The van der Waals surface area contributed by atoms with Gasteiger partial charge >= 0.3 is 5.97 Å². The van der Waals surface area contributed by atoms with Gasteiger partial charge in [-0.25, -0.2) is 4.79 Å². The summed E-state index contributed by atoms with van der Waals surface area (Å²) < 4.78 is 4.94. The van der Waals surface area contributed by atoms with E-state index in [1.54, 1.807) is 18.2 Å². The summed E-state index contributed by atoms with van der Waals surface area (Å²) >= 11 is 17.5. The second kappa shape index (κ2) is 6.27. The van der Waals surface area contributed by atoms with Crippen molar-refractivity contribution < 1.29 is 14.3 Å². The Morgan fingerprint density at radius 3 is 2.00 bits per heavy atom. The van der Waals surface area contributed by atoms with E-state index >= 15 is 0 Å². The molecule has 0 heterocycles. The summed E-state index contributed by atoms with van der Waals surface area (Å²) in [5.41, 5.74) is 0.221. The van der Waals surface area contributed by atoms with E-state index in [0.717, 1.165) is 0 Å². The third-order valence-corrected chi connectivity index (χ3v) is 3.16. The first-order valence-corrected chi connectivity index (χ1v) is 6.58. The van der Waals surface area contributed by atoms with Crippen LogP contribution in [0, 0.1) is 0 Å². The van der Waals surface area contributed by atoms with Gasteiger partial charge in [-0.15, -0.1) is 0 Å². The minimum Gasteiger partial charge on any atom is -0.417 e. The summed E-state index contributed by atoms with van der Waals surface area (Å²) in [4.78, 5) is 23.6. The Bertz CT molecular complexity index is 646. The lowest BCUT2D eigenvalue weighted by Crippen LogP contribution is -2.20. The summed E-state index contributed by atoms with van der Waals surface area (Å²) in [6, 6.07) is 10.8. The van der Waals surface area contributed by atoms with Crippen molar-refractivity contribution in [2.45, 2.75) is 0 Å². The highest BCUT2D eigenvalue weighted by atomic mass is 35.5. The van der Waals surface area contributed by atoms with E-state index < -0.39 is 11.8 Å². The van der Waals surface area contributed by atoms with Gasteiger partial charge in [0.15, 0.2) is 5.75 Å². The fourth-order valence-electron chi connectivity index (χ4n) is 1.47. The molecule has 20 heavy (non-hydrogen) atoms. The van der Waals surface area contributed by atoms with Crippen LogP contribution in [0.2, 0.25) is 15.1 Å². The number of ether oxygens (including phenoxy) is 1. The van der Waals surface area contributed by atoms with Crippen LogP contribution in [0.4, 0.5) is 0 Å². The van der Waals surface area contributed by atoms with Crippen molar-refractivity contribution in [1.82, 2.24) is 0 Å². The number of benzene rings is 2. The lowest BCUT2D eigenvalue weighted by atomic mass is 10.1. The second-order valence-corrected chi connectivity index (χ2v) is 5.03. The monoisotopic (exact) mass is 328 g/mol. The van der Waals surface area contributed by atoms with Gasteiger partial charge in [-0.1, -0.05) is 65.1 Å². The molecule has 0 amide bonds. The molecule has 0 saturated heterocycles. The summed E-state index contributed by atoms with van der Waals surface area (Å²) in [6.07, 6.45) is 0. The molecule has 0 radical (unpaired) electrons. The first-order valence-electron chi connectivity index (χ1n) is 5.45. The molecule has 0 saturated carbocycles. The van der Waals surface area contributed by atoms with Crippen molar-refractivity contribution in [3.8, 4) is 5.75 Å². The zero-order chi connectivity index (χ0) is 14.7. The maximum Gasteiger partial charge on any atom is 0.385 e. The summed E-state index contributed by atoms with van der Waals surface area (Å²) in [6.45, 7) is 0. The summed E-state index contributed by atoms with van der Waals surface area (Å²) in [7, 11) is 0. The number of ketones is 1. The number of Topliss-reactive ketones (excluding diaryl/α,β-unsaturated/α-hetero) is 1. The average Bonchev–Trinajstić information content (AvgIpc) is 2.42. The number of rotatable bonds is 3. The summed E-state index contributed by atoms with van der Waals surface area (Å²) in [5, 5.41) is 0.405. The van der Waals surface area contributed by atoms with Crippen molar-refractivity contribution in [2.24, 2.45) is 0 Å². The molecule has 2 aromatic rings. The fraction of sp³-hybridized carbons (Fsp3) is 0. The van der Waals surface area contributed by atoms with Crippen LogP contribution in [0.1, 0.15) is 10.4 Å². The number of carbonyl (C=O) groups excluding carboxylic acids is 2. The topological polar surface area (TPSA) is 43.4 Å². The minimum atomic E-state index is -1.07. The molecule has 6 heteroatoms. The van der Waals surface area contributed by atoms with Gasteiger partial charge in [-0.3, -0.25) is 4.79 Å². The Hall–Kier alpha value is -1.55. The van der Waals surface area contributed by atoms with E-state index in [-0.39, 0.29) is 21.4 Å². The number of carbonyl (C=O) groups is 2. The van der Waals surface area contributed by atoms with Crippen LogP contribution < -0.4 is 4.74 Å². The Kier molecular flexibility index (Phi) is 4.65. The van der Waals surface area contributed by atoms with Crippen LogP contribution in [0.25, 0.3) is 0 Å². The van der Waals surface area contributed by atoms with Crippen LogP contribution in [-0.2, 0) is 4.79 Å². The highest BCUT2D eigenvalue weighted by molar-refractivity contribution is 6.43. The number of hydrogen-bond donors (Lipinski definition) is 0. The molecule has 0 fully saturated rings. The first kappa shape index (κ1) is 14.9. The van der Waals surface area contributed by atoms with Gasteiger partial charge in [0.2, 0.25) is 0 Å². The molecule has 2 rings (SSSR count). The molecular formula is C14H7Cl3O3. The van der Waals surface area contributed by atoms with Gasteiger partial charge in [0.1, 0.15) is 0 Å². The minimum absolute atomic E-state index is 0.0525. The van der Waals surface area contributed by atoms with Crippen LogP contribution in [0.3, 0.4) is 0 Å². The van der Waals surface area contributed by atoms with E-state index in [2.05, 4.69) is 0 Å². The lowest BCUT2D eigenvalue weighted by Gasteiger charge is -2.08. The van der Waals surface area contributed by atoms with Gasteiger partial charge in [0.25, 0.3) is 5.78 Å². The van der Waals surface area contributed by atoms with Crippen molar-refractivity contribution in [1.29, 1.82) is 0 Å². The molecule has 102 valence electrons. The van der Waals surface area contributed by atoms with Crippen molar-refractivity contribution in [2.75, 3.05) is 0 Å². The van der Waals surface area contributed by atoms with E-state index in [0.29, 0.717) is 5.02 Å². The molecule has 0 aliphatic rings. The molecule has 0 aliphatic heterocycles. The van der Waals surface area contributed by atoms with E-state index in [1.165, 1.54) is 24.3 Å². The normalized spacial score (nSPS) is 10.2. The molecule has 0 aromatic heterocycles. The van der Waals surface area contributed by atoms with Gasteiger partial charge in [-0.05, 0) is 12.1 Å². The number of esters is 1. The van der Waals surface area contributed by atoms with Gasteiger partial charge in [0.05, 0.1) is 10.0 Å². The third kappa shape index (κ3) is 3.31. The molecular weight excluding hydrogens is 323 g/mol. The summed E-state index contributed by atoms with van der Waals surface area (Å²) in [5.74, 6) is -1.94. The highest BCUT2D eigenvalue weighted by Gasteiger charge is 2.21. The van der Waals surface area contributed by atoms with E-state index in [1.807, 2.05) is 0 Å². The Morgan fingerprint density at radius 1 is 0.900 bits per heavy atom. The van der Waals surface area contributed by atoms with Crippen LogP contribution in [0.5, 0.6) is 5.75 Å². The third-order valence-electron chi connectivity index (χ3n) is 2.38. The highest BCUT2D eigenvalue weighted by Crippen LogP contribution is 2.35. The maximum absolute atomic E-state index is 11.9. The first-order chi connectivity index (χ1) is 9.49. The molecule has 0 bridgehead atoms. The van der Waals surface area contributed by atoms with Crippen LogP contribution in [0.15, 0.2) is 42.5 Å². The Morgan fingerprint density at radius 2 is 1.45 bits per heavy atom. The predicted molar refractivity (Wildman–Crippen MR) is 77.9 cm³/mol. The van der Waals surface area contributed by atoms with Crippen molar-refractivity contribution >= 4 is 46.6 Å². The van der Waals surface area contributed by atoms with Crippen LogP contribution >= 0.6 is 34.8 Å². The zero-order valence-electron chi connectivity index (χ0n) is 9.90. The zero-order valence-corrected chi connectivity index (χ0v) is 12.2. The maximum atomic E-state index is 11.9. The van der Waals surface area contributed by atoms with Gasteiger partial charge in [-0.2, -0.15) is 0 Å². The average molecular weight is 330 g/mol. The van der Waals surface area contributed by atoms with Gasteiger partial charge in [0, 0.05) is 10.6 Å². The Balaban J connectivity index is 2.23. The van der Waals surface area contributed by atoms with E-state index in [9.17, 15) is 9.59 Å². The van der Waals surface area contributed by atoms with Gasteiger partial charge < -0.3 is 4.74 Å². The molecule has 0 atom stereocenters. The van der Waals surface area contributed by atoms with Crippen molar-refractivity contribution in [3.05, 3.63) is 63.1 Å². The van der Waals surface area contributed by atoms with Crippen molar-refractivity contribution in [3.63, 3.8) is 0 Å². The smallest absolute Gasteiger partial charge is 0.385 e. The fourth-order valence-corrected chi connectivity index (χ4v) is 2.37. The molecule has 0 aliphatic carbocycles. The quantitative estimate of drug-likeness (QED) is 0.362. The number of halogens is 3. The molecule has 0 N–H and O–H groups in total. The largest absolute Gasteiger partial charge is 0.417 e. The second-order valence-electron chi connectivity index (χ2n) is 3.78. The predicted octanol–water partition coefficient (Wildman–Crippen LogP) is 4.44. The van der Waals surface area contributed by atoms with E-state index in [4.69, 9.17) is 39.5 Å². The molecule has 3 nitrogen and oxygen atoms in total. The molecule has 2 aromatic carbocycles. The molecule has 0 spiro atoms. The molecule has 0 unspecified atom stereocenters. The SMILES string of the molecule is O=C(Oc1c(Cl)cc(Cl)cc1Cl)C(=O)c1ccccc1. The Labute approximate surface area is 130 Å². The standard InChI is InChI=1S/C14H7Cl3O3/c15-9-6-10(16)13(11(17)7-9)20-14(19)12(18)8-4-2-1-3-5-8/h1-7H.